The molecule has 0 heterocycles. The Kier molecular flexibility index (Phi) is 2.45. The molecule has 1 aromatic carbocycles. The summed E-state index contributed by atoms with van der Waals surface area (Å²) in [5.74, 6) is 2.48. The Bertz CT molecular complexity index is 323. The van der Waals surface area contributed by atoms with Gasteiger partial charge in [0, 0.05) is 11.8 Å². The first-order valence-electron chi connectivity index (χ1n) is 3.15. The second-order valence-electron chi connectivity index (χ2n) is 2.09. The van der Waals surface area contributed by atoms with Crippen molar-refractivity contribution in [2.75, 3.05) is 6.26 Å². The highest BCUT2D eigenvalue weighted by molar-refractivity contribution is 7.84. The molecular formula is C9H8OS. The molecule has 0 radical (unpaired) electrons. The Morgan fingerprint density at radius 3 is 2.55 bits per heavy atom. The summed E-state index contributed by atoms with van der Waals surface area (Å²) in [4.78, 5) is 0.731. The molecule has 1 nitrogen and oxygen atoms in total. The quantitative estimate of drug-likeness (QED) is 0.573. The third kappa shape index (κ3) is 1.69. The first-order chi connectivity index (χ1) is 5.25. The van der Waals surface area contributed by atoms with E-state index < -0.39 is 10.8 Å². The second kappa shape index (κ2) is 3.36. The van der Waals surface area contributed by atoms with Crippen molar-refractivity contribution in [2.45, 2.75) is 4.90 Å². The van der Waals surface area contributed by atoms with E-state index in [0.717, 1.165) is 4.90 Å². The monoisotopic (exact) mass is 164 g/mol. The van der Waals surface area contributed by atoms with E-state index >= 15 is 0 Å². The Morgan fingerprint density at radius 2 is 2.09 bits per heavy atom. The van der Waals surface area contributed by atoms with Gasteiger partial charge in [0.15, 0.2) is 0 Å². The van der Waals surface area contributed by atoms with Gasteiger partial charge in [0.2, 0.25) is 0 Å². The summed E-state index contributed by atoms with van der Waals surface area (Å²) in [5.41, 5.74) is 0.716. The SMILES string of the molecule is C#Cc1ccccc1S(C)=O. The predicted molar refractivity (Wildman–Crippen MR) is 46.7 cm³/mol. The average Bonchev–Trinajstić information content (AvgIpc) is 2.04. The van der Waals surface area contributed by atoms with Crippen molar-refractivity contribution in [1.82, 2.24) is 0 Å². The summed E-state index contributed by atoms with van der Waals surface area (Å²) < 4.78 is 11.0. The number of hydrogen-bond acceptors (Lipinski definition) is 1. The fourth-order valence-corrected chi connectivity index (χ4v) is 1.54. The standard InChI is InChI=1S/C9H8OS/c1-3-8-6-4-5-7-9(8)11(2)10/h1,4-7H,2H3. The van der Waals surface area contributed by atoms with Gasteiger partial charge in [0.05, 0.1) is 15.7 Å². The van der Waals surface area contributed by atoms with Gasteiger partial charge in [0.1, 0.15) is 0 Å². The Hall–Kier alpha value is -1.07. The van der Waals surface area contributed by atoms with Crippen molar-refractivity contribution in [3.63, 3.8) is 0 Å². The topological polar surface area (TPSA) is 17.1 Å². The minimum atomic E-state index is -0.983. The summed E-state index contributed by atoms with van der Waals surface area (Å²) >= 11 is 0. The largest absolute Gasteiger partial charge is 0.255 e. The Morgan fingerprint density at radius 1 is 1.45 bits per heavy atom. The zero-order valence-corrected chi connectivity index (χ0v) is 7.02. The van der Waals surface area contributed by atoms with Gasteiger partial charge < -0.3 is 0 Å². The van der Waals surface area contributed by atoms with E-state index in [1.807, 2.05) is 12.1 Å². The summed E-state index contributed by atoms with van der Waals surface area (Å²) in [6, 6.07) is 7.24. The molecule has 0 spiro atoms. The van der Waals surface area contributed by atoms with Gasteiger partial charge in [-0.1, -0.05) is 18.1 Å². The highest BCUT2D eigenvalue weighted by Crippen LogP contribution is 2.10. The van der Waals surface area contributed by atoms with E-state index in [9.17, 15) is 4.21 Å². The molecule has 1 rings (SSSR count). The molecule has 1 atom stereocenters. The number of terminal acetylenes is 1. The van der Waals surface area contributed by atoms with E-state index in [4.69, 9.17) is 6.42 Å². The molecule has 0 aliphatic rings. The van der Waals surface area contributed by atoms with Crippen LogP contribution in [0.15, 0.2) is 29.2 Å². The van der Waals surface area contributed by atoms with Crippen molar-refractivity contribution in [3.05, 3.63) is 29.8 Å². The molecule has 56 valence electrons. The molecule has 1 aromatic rings. The van der Waals surface area contributed by atoms with Crippen molar-refractivity contribution in [2.24, 2.45) is 0 Å². The fraction of sp³-hybridized carbons (Fsp3) is 0.111. The van der Waals surface area contributed by atoms with Crippen LogP contribution in [0.25, 0.3) is 0 Å². The van der Waals surface area contributed by atoms with E-state index in [-0.39, 0.29) is 0 Å². The molecule has 0 fully saturated rings. The van der Waals surface area contributed by atoms with Crippen LogP contribution in [0.2, 0.25) is 0 Å². The first-order valence-corrected chi connectivity index (χ1v) is 4.70. The molecule has 0 aliphatic carbocycles. The summed E-state index contributed by atoms with van der Waals surface area (Å²) in [6.45, 7) is 0. The lowest BCUT2D eigenvalue weighted by Gasteiger charge is -1.97. The van der Waals surface area contributed by atoms with Crippen LogP contribution in [0.1, 0.15) is 5.56 Å². The van der Waals surface area contributed by atoms with Gasteiger partial charge in [-0.15, -0.1) is 6.42 Å². The molecule has 0 bridgehead atoms. The molecule has 0 aliphatic heterocycles. The molecular weight excluding hydrogens is 156 g/mol. The summed E-state index contributed by atoms with van der Waals surface area (Å²) in [6.07, 6.45) is 6.83. The number of hydrogen-bond donors (Lipinski definition) is 0. The van der Waals surface area contributed by atoms with E-state index in [1.165, 1.54) is 0 Å². The lowest BCUT2D eigenvalue weighted by molar-refractivity contribution is 0.686. The van der Waals surface area contributed by atoms with Gasteiger partial charge >= 0.3 is 0 Å². The second-order valence-corrected chi connectivity index (χ2v) is 3.44. The van der Waals surface area contributed by atoms with Crippen LogP contribution in [0.5, 0.6) is 0 Å². The van der Waals surface area contributed by atoms with Crippen molar-refractivity contribution >= 4 is 10.8 Å². The lowest BCUT2D eigenvalue weighted by atomic mass is 10.2. The molecule has 0 saturated carbocycles. The Labute approximate surface area is 68.9 Å². The summed E-state index contributed by atoms with van der Waals surface area (Å²) in [5, 5.41) is 0. The van der Waals surface area contributed by atoms with Crippen LogP contribution in [0, 0.1) is 12.3 Å². The number of rotatable bonds is 1. The predicted octanol–water partition coefficient (Wildman–Crippen LogP) is 1.41. The van der Waals surface area contributed by atoms with Crippen molar-refractivity contribution < 1.29 is 4.21 Å². The van der Waals surface area contributed by atoms with Gasteiger partial charge in [-0.3, -0.25) is 4.21 Å². The fourth-order valence-electron chi connectivity index (χ4n) is 0.837. The van der Waals surface area contributed by atoms with Crippen molar-refractivity contribution in [3.8, 4) is 12.3 Å². The van der Waals surface area contributed by atoms with Crippen LogP contribution in [0.4, 0.5) is 0 Å². The van der Waals surface area contributed by atoms with E-state index in [0.29, 0.717) is 5.56 Å². The maximum Gasteiger partial charge on any atom is 0.0541 e. The Balaban J connectivity index is 3.26. The number of benzene rings is 1. The smallest absolute Gasteiger partial charge is 0.0541 e. The maximum absolute atomic E-state index is 11.0. The van der Waals surface area contributed by atoms with Crippen LogP contribution in [0.3, 0.4) is 0 Å². The summed E-state index contributed by atoms with van der Waals surface area (Å²) in [7, 11) is -0.983. The minimum Gasteiger partial charge on any atom is -0.255 e. The minimum absolute atomic E-state index is 0.716. The molecule has 2 heteroatoms. The zero-order chi connectivity index (χ0) is 8.27. The highest BCUT2D eigenvalue weighted by Gasteiger charge is 2.00. The van der Waals surface area contributed by atoms with Crippen molar-refractivity contribution in [1.29, 1.82) is 0 Å². The van der Waals surface area contributed by atoms with Gasteiger partial charge in [-0.2, -0.15) is 0 Å². The molecule has 0 saturated heterocycles. The van der Waals surface area contributed by atoms with Crippen LogP contribution >= 0.6 is 0 Å². The molecule has 11 heavy (non-hydrogen) atoms. The van der Waals surface area contributed by atoms with Gasteiger partial charge in [-0.25, -0.2) is 0 Å². The van der Waals surface area contributed by atoms with Crippen LogP contribution < -0.4 is 0 Å². The molecule has 1 unspecified atom stereocenters. The average molecular weight is 164 g/mol. The van der Waals surface area contributed by atoms with Crippen LogP contribution in [-0.4, -0.2) is 10.5 Å². The third-order valence-electron chi connectivity index (χ3n) is 1.35. The molecule has 0 amide bonds. The lowest BCUT2D eigenvalue weighted by Crippen LogP contribution is -1.90. The van der Waals surface area contributed by atoms with Crippen LogP contribution in [-0.2, 0) is 10.8 Å². The molecule has 0 aromatic heterocycles. The van der Waals surface area contributed by atoms with Gasteiger partial charge in [-0.05, 0) is 12.1 Å². The van der Waals surface area contributed by atoms with Gasteiger partial charge in [0.25, 0.3) is 0 Å². The maximum atomic E-state index is 11.0. The van der Waals surface area contributed by atoms with E-state index in [2.05, 4.69) is 5.92 Å². The molecule has 0 N–H and O–H groups in total. The zero-order valence-electron chi connectivity index (χ0n) is 6.20. The normalized spacial score (nSPS) is 12.0. The van der Waals surface area contributed by atoms with E-state index in [1.54, 1.807) is 18.4 Å². The highest BCUT2D eigenvalue weighted by atomic mass is 32.2. The first kappa shape index (κ1) is 8.03. The third-order valence-corrected chi connectivity index (χ3v) is 2.33.